The van der Waals surface area contributed by atoms with E-state index in [9.17, 15) is 4.79 Å². The number of rotatable bonds is 3. The molecule has 0 amide bonds. The molecular formula is C14H26ClNO2. The number of nitrogens with one attached hydrogen (secondary N) is 1. The summed E-state index contributed by atoms with van der Waals surface area (Å²) in [5.74, 6) is 1.48. The van der Waals surface area contributed by atoms with Crippen LogP contribution in [0.25, 0.3) is 0 Å². The summed E-state index contributed by atoms with van der Waals surface area (Å²) in [7, 11) is 0. The van der Waals surface area contributed by atoms with Gasteiger partial charge in [0.1, 0.15) is 6.04 Å². The molecule has 1 heterocycles. The van der Waals surface area contributed by atoms with Crippen molar-refractivity contribution in [1.29, 1.82) is 0 Å². The number of piperidine rings is 1. The van der Waals surface area contributed by atoms with Gasteiger partial charge in [-0.05, 0) is 38.0 Å². The molecule has 2 fully saturated rings. The molecule has 1 aliphatic carbocycles. The summed E-state index contributed by atoms with van der Waals surface area (Å²) in [6.07, 6.45) is 7.46. The number of carbonyl (C=O) groups is 1. The van der Waals surface area contributed by atoms with Crippen molar-refractivity contribution in [2.75, 3.05) is 6.61 Å². The normalized spacial score (nSPS) is 35.2. The van der Waals surface area contributed by atoms with Crippen molar-refractivity contribution in [3.8, 4) is 0 Å². The van der Waals surface area contributed by atoms with E-state index in [0.29, 0.717) is 12.6 Å². The molecule has 0 aromatic carbocycles. The van der Waals surface area contributed by atoms with E-state index >= 15 is 0 Å². The van der Waals surface area contributed by atoms with Gasteiger partial charge < -0.3 is 10.1 Å². The van der Waals surface area contributed by atoms with E-state index in [-0.39, 0.29) is 24.4 Å². The molecule has 4 heteroatoms. The van der Waals surface area contributed by atoms with Gasteiger partial charge in [0.25, 0.3) is 0 Å². The summed E-state index contributed by atoms with van der Waals surface area (Å²) in [5.41, 5.74) is 0. The molecule has 0 bridgehead atoms. The van der Waals surface area contributed by atoms with E-state index < -0.39 is 0 Å². The first-order valence-electron chi connectivity index (χ1n) is 7.19. The van der Waals surface area contributed by atoms with Crippen LogP contribution in [0.2, 0.25) is 0 Å². The topological polar surface area (TPSA) is 38.3 Å². The van der Waals surface area contributed by atoms with Crippen molar-refractivity contribution in [3.63, 3.8) is 0 Å². The molecule has 1 aliphatic heterocycles. The summed E-state index contributed by atoms with van der Waals surface area (Å²) >= 11 is 0. The SMILES string of the molecule is CCOC(=O)C1CC2CCCCC2C(CC)N1.Cl. The van der Waals surface area contributed by atoms with Gasteiger partial charge in [-0.3, -0.25) is 4.79 Å². The highest BCUT2D eigenvalue weighted by Gasteiger charge is 2.40. The van der Waals surface area contributed by atoms with Crippen LogP contribution in [0.1, 0.15) is 52.4 Å². The third kappa shape index (κ3) is 3.39. The first kappa shape index (κ1) is 15.8. The molecule has 3 nitrogen and oxygen atoms in total. The van der Waals surface area contributed by atoms with E-state index in [1.54, 1.807) is 0 Å². The molecular weight excluding hydrogens is 250 g/mol. The summed E-state index contributed by atoms with van der Waals surface area (Å²) < 4.78 is 5.15. The van der Waals surface area contributed by atoms with Crippen LogP contribution in [0.3, 0.4) is 0 Å². The zero-order valence-corrected chi connectivity index (χ0v) is 12.3. The Morgan fingerprint density at radius 2 is 2.00 bits per heavy atom. The maximum atomic E-state index is 11.8. The van der Waals surface area contributed by atoms with Crippen molar-refractivity contribution >= 4 is 18.4 Å². The van der Waals surface area contributed by atoms with E-state index in [1.807, 2.05) is 6.92 Å². The van der Waals surface area contributed by atoms with Gasteiger partial charge in [0.15, 0.2) is 0 Å². The highest BCUT2D eigenvalue weighted by molar-refractivity contribution is 5.85. The van der Waals surface area contributed by atoms with Gasteiger partial charge in [-0.1, -0.05) is 26.2 Å². The van der Waals surface area contributed by atoms with Gasteiger partial charge in [-0.2, -0.15) is 0 Å². The molecule has 1 saturated heterocycles. The van der Waals surface area contributed by atoms with Gasteiger partial charge in [0.2, 0.25) is 0 Å². The molecule has 1 N–H and O–H groups in total. The van der Waals surface area contributed by atoms with Gasteiger partial charge >= 0.3 is 5.97 Å². The monoisotopic (exact) mass is 275 g/mol. The molecule has 1 saturated carbocycles. The lowest BCUT2D eigenvalue weighted by molar-refractivity contribution is -0.148. The van der Waals surface area contributed by atoms with Crippen LogP contribution in [0.4, 0.5) is 0 Å². The van der Waals surface area contributed by atoms with Crippen LogP contribution < -0.4 is 5.32 Å². The second-order valence-corrected chi connectivity index (χ2v) is 5.43. The number of hydrogen-bond donors (Lipinski definition) is 1. The van der Waals surface area contributed by atoms with Crippen molar-refractivity contribution < 1.29 is 9.53 Å². The zero-order chi connectivity index (χ0) is 12.3. The molecule has 0 aromatic rings. The number of ether oxygens (including phenoxy) is 1. The predicted molar refractivity (Wildman–Crippen MR) is 74.9 cm³/mol. The minimum atomic E-state index is -0.0563. The fourth-order valence-electron chi connectivity index (χ4n) is 3.64. The Bertz CT molecular complexity index is 265. The van der Waals surface area contributed by atoms with E-state index in [2.05, 4.69) is 12.2 Å². The number of esters is 1. The molecule has 4 atom stereocenters. The smallest absolute Gasteiger partial charge is 0.323 e. The van der Waals surface area contributed by atoms with Crippen LogP contribution >= 0.6 is 12.4 Å². The van der Waals surface area contributed by atoms with Gasteiger partial charge in [-0.15, -0.1) is 12.4 Å². The maximum absolute atomic E-state index is 11.8. The molecule has 0 radical (unpaired) electrons. The average molecular weight is 276 g/mol. The van der Waals surface area contributed by atoms with Crippen molar-refractivity contribution in [1.82, 2.24) is 5.32 Å². The molecule has 106 valence electrons. The molecule has 2 aliphatic rings. The summed E-state index contributed by atoms with van der Waals surface area (Å²) in [5, 5.41) is 3.51. The first-order chi connectivity index (χ1) is 8.26. The quantitative estimate of drug-likeness (QED) is 0.805. The first-order valence-corrected chi connectivity index (χ1v) is 7.19. The van der Waals surface area contributed by atoms with Crippen molar-refractivity contribution in [2.24, 2.45) is 11.8 Å². The zero-order valence-electron chi connectivity index (χ0n) is 11.5. The Hall–Kier alpha value is -0.280. The summed E-state index contributed by atoms with van der Waals surface area (Å²) in [6.45, 7) is 4.58. The van der Waals surface area contributed by atoms with Gasteiger partial charge in [-0.25, -0.2) is 0 Å². The predicted octanol–water partition coefficient (Wildman–Crippen LogP) is 2.92. The number of halogens is 1. The van der Waals surface area contributed by atoms with Gasteiger partial charge in [0.05, 0.1) is 6.61 Å². The van der Waals surface area contributed by atoms with Crippen molar-refractivity contribution in [2.45, 2.75) is 64.5 Å². The standard InChI is InChI=1S/C14H25NO2.ClH/c1-3-12-11-8-6-5-7-10(11)9-13(15-12)14(16)17-4-2;/h10-13,15H,3-9H2,1-2H3;1H. The summed E-state index contributed by atoms with van der Waals surface area (Å²) in [6, 6.07) is 0.461. The van der Waals surface area contributed by atoms with E-state index in [1.165, 1.54) is 25.7 Å². The summed E-state index contributed by atoms with van der Waals surface area (Å²) in [4.78, 5) is 11.8. The van der Waals surface area contributed by atoms with Gasteiger partial charge in [0, 0.05) is 6.04 Å². The minimum Gasteiger partial charge on any atom is -0.465 e. The fraction of sp³-hybridized carbons (Fsp3) is 0.929. The third-order valence-electron chi connectivity index (χ3n) is 4.45. The van der Waals surface area contributed by atoms with Crippen LogP contribution in [-0.4, -0.2) is 24.7 Å². The Balaban J connectivity index is 0.00000162. The average Bonchev–Trinajstić information content (AvgIpc) is 2.37. The third-order valence-corrected chi connectivity index (χ3v) is 4.45. The number of hydrogen-bond acceptors (Lipinski definition) is 3. The van der Waals surface area contributed by atoms with E-state index in [0.717, 1.165) is 24.7 Å². The second kappa shape index (κ2) is 7.34. The fourth-order valence-corrected chi connectivity index (χ4v) is 3.64. The van der Waals surface area contributed by atoms with Crippen LogP contribution in [-0.2, 0) is 9.53 Å². The Labute approximate surface area is 116 Å². The Morgan fingerprint density at radius 3 is 2.67 bits per heavy atom. The van der Waals surface area contributed by atoms with Crippen LogP contribution in [0, 0.1) is 11.8 Å². The highest BCUT2D eigenvalue weighted by Crippen LogP contribution is 2.39. The molecule has 18 heavy (non-hydrogen) atoms. The highest BCUT2D eigenvalue weighted by atomic mass is 35.5. The lowest BCUT2D eigenvalue weighted by Gasteiger charge is -2.44. The van der Waals surface area contributed by atoms with Crippen molar-refractivity contribution in [3.05, 3.63) is 0 Å². The lowest BCUT2D eigenvalue weighted by Crippen LogP contribution is -2.55. The molecule has 4 unspecified atom stereocenters. The minimum absolute atomic E-state index is 0. The van der Waals surface area contributed by atoms with E-state index in [4.69, 9.17) is 4.74 Å². The lowest BCUT2D eigenvalue weighted by atomic mass is 9.69. The molecule has 2 rings (SSSR count). The van der Waals surface area contributed by atoms with Crippen LogP contribution in [0.15, 0.2) is 0 Å². The maximum Gasteiger partial charge on any atom is 0.323 e. The Morgan fingerprint density at radius 1 is 1.28 bits per heavy atom. The number of fused-ring (bicyclic) bond motifs is 1. The number of carbonyl (C=O) groups excluding carboxylic acids is 1. The van der Waals surface area contributed by atoms with Crippen LogP contribution in [0.5, 0.6) is 0 Å². The molecule has 0 aromatic heterocycles. The molecule has 0 spiro atoms. The largest absolute Gasteiger partial charge is 0.465 e. The Kier molecular flexibility index (Phi) is 6.44. The second-order valence-electron chi connectivity index (χ2n) is 5.43.